The van der Waals surface area contributed by atoms with E-state index >= 15 is 0 Å². The first kappa shape index (κ1) is 18.8. The number of methoxy groups -OCH3 is 2. The summed E-state index contributed by atoms with van der Waals surface area (Å²) in [7, 11) is 3.22. The van der Waals surface area contributed by atoms with Crippen molar-refractivity contribution in [3.8, 4) is 17.2 Å². The Bertz CT molecular complexity index is 957. The molecule has 0 unspecified atom stereocenters. The summed E-state index contributed by atoms with van der Waals surface area (Å²) in [6.45, 7) is 2.72. The van der Waals surface area contributed by atoms with Gasteiger partial charge in [0.2, 0.25) is 0 Å². The first-order valence-electron chi connectivity index (χ1n) is 9.05. The number of rotatable bonds is 8. The molecule has 0 spiro atoms. The van der Waals surface area contributed by atoms with Gasteiger partial charge in [-0.25, -0.2) is 4.79 Å². The highest BCUT2D eigenvalue weighted by Gasteiger charge is 2.12. The third-order valence-corrected chi connectivity index (χ3v) is 4.40. The number of fused-ring (bicyclic) bond motifs is 1. The minimum atomic E-state index is -0.355. The van der Waals surface area contributed by atoms with Crippen LogP contribution in [0.4, 0.5) is 0 Å². The molecule has 0 N–H and O–H groups in total. The molecule has 0 saturated carbocycles. The fourth-order valence-electron chi connectivity index (χ4n) is 2.88. The van der Waals surface area contributed by atoms with E-state index < -0.39 is 0 Å². The van der Waals surface area contributed by atoms with Crippen LogP contribution < -0.4 is 19.8 Å². The molecule has 0 aliphatic carbocycles. The molecule has 0 fully saturated rings. The average molecular weight is 368 g/mol. The lowest BCUT2D eigenvalue weighted by Crippen LogP contribution is -2.08. The van der Waals surface area contributed by atoms with E-state index in [9.17, 15) is 4.79 Å². The van der Waals surface area contributed by atoms with E-state index in [1.165, 1.54) is 0 Å². The van der Waals surface area contributed by atoms with Gasteiger partial charge in [-0.3, -0.25) is 0 Å². The Morgan fingerprint density at radius 1 is 0.963 bits per heavy atom. The number of ether oxygens (including phenoxy) is 3. The third kappa shape index (κ3) is 4.42. The Kier molecular flexibility index (Phi) is 6.01. The Labute approximate surface area is 158 Å². The van der Waals surface area contributed by atoms with Gasteiger partial charge >= 0.3 is 5.63 Å². The lowest BCUT2D eigenvalue weighted by atomic mass is 10.0. The van der Waals surface area contributed by atoms with E-state index in [0.717, 1.165) is 29.5 Å². The van der Waals surface area contributed by atoms with Gasteiger partial charge in [0.25, 0.3) is 0 Å². The normalized spacial score (nSPS) is 10.8. The number of unbranched alkanes of at least 4 members (excludes halogenated alkanes) is 1. The third-order valence-electron chi connectivity index (χ3n) is 4.40. The SMILES string of the molecule is CCCCOc1cc(OC)c2cc(Cc3ccc(OC)cc3)c(=O)oc2c1. The van der Waals surface area contributed by atoms with Gasteiger partial charge in [0.15, 0.2) is 0 Å². The van der Waals surface area contributed by atoms with Crippen LogP contribution in [-0.2, 0) is 6.42 Å². The monoisotopic (exact) mass is 368 g/mol. The molecule has 27 heavy (non-hydrogen) atoms. The fourth-order valence-corrected chi connectivity index (χ4v) is 2.88. The molecule has 0 aliphatic rings. The van der Waals surface area contributed by atoms with Crippen molar-refractivity contribution < 1.29 is 18.6 Å². The topological polar surface area (TPSA) is 57.9 Å². The molecule has 0 aliphatic heterocycles. The summed E-state index contributed by atoms with van der Waals surface area (Å²) in [4.78, 5) is 12.5. The fraction of sp³-hybridized carbons (Fsp3) is 0.318. The van der Waals surface area contributed by atoms with E-state index in [4.69, 9.17) is 18.6 Å². The van der Waals surface area contributed by atoms with Gasteiger partial charge in [-0.1, -0.05) is 25.5 Å². The summed E-state index contributed by atoms with van der Waals surface area (Å²) < 4.78 is 21.9. The second kappa shape index (κ2) is 8.62. The quantitative estimate of drug-likeness (QED) is 0.430. The van der Waals surface area contributed by atoms with Gasteiger partial charge in [-0.15, -0.1) is 0 Å². The second-order valence-electron chi connectivity index (χ2n) is 6.32. The highest BCUT2D eigenvalue weighted by atomic mass is 16.5. The van der Waals surface area contributed by atoms with Gasteiger partial charge in [-0.05, 0) is 30.2 Å². The van der Waals surface area contributed by atoms with Crippen molar-refractivity contribution in [1.29, 1.82) is 0 Å². The molecular weight excluding hydrogens is 344 g/mol. The van der Waals surface area contributed by atoms with Crippen LogP contribution in [0, 0.1) is 0 Å². The highest BCUT2D eigenvalue weighted by Crippen LogP contribution is 2.31. The van der Waals surface area contributed by atoms with Crippen molar-refractivity contribution in [3.05, 3.63) is 64.0 Å². The van der Waals surface area contributed by atoms with Crippen LogP contribution >= 0.6 is 0 Å². The molecule has 0 saturated heterocycles. The molecule has 0 amide bonds. The zero-order chi connectivity index (χ0) is 19.2. The minimum Gasteiger partial charge on any atom is -0.497 e. The molecule has 5 nitrogen and oxygen atoms in total. The Morgan fingerprint density at radius 2 is 1.74 bits per heavy atom. The van der Waals surface area contributed by atoms with Crippen LogP contribution in [0.2, 0.25) is 0 Å². The van der Waals surface area contributed by atoms with Crippen LogP contribution in [0.5, 0.6) is 17.2 Å². The molecule has 2 aromatic carbocycles. The first-order valence-corrected chi connectivity index (χ1v) is 9.05. The van der Waals surface area contributed by atoms with E-state index in [1.807, 2.05) is 36.4 Å². The number of benzene rings is 2. The van der Waals surface area contributed by atoms with E-state index in [-0.39, 0.29) is 5.63 Å². The van der Waals surface area contributed by atoms with Crippen LogP contribution in [0.3, 0.4) is 0 Å². The summed E-state index contributed by atoms with van der Waals surface area (Å²) in [5.74, 6) is 2.04. The Hall–Kier alpha value is -2.95. The average Bonchev–Trinajstić information content (AvgIpc) is 2.69. The second-order valence-corrected chi connectivity index (χ2v) is 6.32. The van der Waals surface area contributed by atoms with E-state index in [0.29, 0.717) is 35.7 Å². The molecule has 0 bridgehead atoms. The van der Waals surface area contributed by atoms with Crippen LogP contribution in [-0.4, -0.2) is 20.8 Å². The Balaban J connectivity index is 1.94. The van der Waals surface area contributed by atoms with Gasteiger partial charge in [0, 0.05) is 24.1 Å². The lowest BCUT2D eigenvalue weighted by molar-refractivity contribution is 0.307. The van der Waals surface area contributed by atoms with Gasteiger partial charge in [0.05, 0.1) is 26.2 Å². The predicted molar refractivity (Wildman–Crippen MR) is 105 cm³/mol. The number of hydrogen-bond donors (Lipinski definition) is 0. The van der Waals surface area contributed by atoms with E-state index in [2.05, 4.69) is 6.92 Å². The summed E-state index contributed by atoms with van der Waals surface area (Å²) in [5.41, 5.74) is 1.68. The number of hydrogen-bond acceptors (Lipinski definition) is 5. The summed E-state index contributed by atoms with van der Waals surface area (Å²) >= 11 is 0. The maximum absolute atomic E-state index is 12.5. The van der Waals surface area contributed by atoms with E-state index in [1.54, 1.807) is 20.3 Å². The maximum atomic E-state index is 12.5. The largest absolute Gasteiger partial charge is 0.497 e. The zero-order valence-electron chi connectivity index (χ0n) is 15.9. The van der Waals surface area contributed by atoms with Crippen molar-refractivity contribution in [2.24, 2.45) is 0 Å². The molecule has 3 rings (SSSR count). The smallest absolute Gasteiger partial charge is 0.339 e. The highest BCUT2D eigenvalue weighted by molar-refractivity contribution is 5.85. The van der Waals surface area contributed by atoms with Gasteiger partial charge < -0.3 is 18.6 Å². The van der Waals surface area contributed by atoms with Crippen molar-refractivity contribution in [1.82, 2.24) is 0 Å². The lowest BCUT2D eigenvalue weighted by Gasteiger charge is -2.11. The molecular formula is C22H24O5. The minimum absolute atomic E-state index is 0.355. The van der Waals surface area contributed by atoms with Gasteiger partial charge in [-0.2, -0.15) is 0 Å². The molecule has 1 heterocycles. The molecule has 3 aromatic rings. The van der Waals surface area contributed by atoms with Crippen molar-refractivity contribution >= 4 is 11.0 Å². The standard InChI is InChI=1S/C22H24O5/c1-4-5-10-26-18-13-20(25-3)19-12-16(22(23)27-21(19)14-18)11-15-6-8-17(24-2)9-7-15/h6-9,12-14H,4-5,10-11H2,1-3H3. The van der Waals surface area contributed by atoms with Crippen LogP contribution in [0.1, 0.15) is 30.9 Å². The van der Waals surface area contributed by atoms with Crippen molar-refractivity contribution in [3.63, 3.8) is 0 Å². The predicted octanol–water partition coefficient (Wildman–Crippen LogP) is 4.58. The molecule has 0 radical (unpaired) electrons. The molecule has 1 aromatic heterocycles. The Morgan fingerprint density at radius 3 is 2.41 bits per heavy atom. The molecule has 142 valence electrons. The first-order chi connectivity index (χ1) is 13.1. The summed E-state index contributed by atoms with van der Waals surface area (Å²) in [6, 6.07) is 13.0. The maximum Gasteiger partial charge on any atom is 0.339 e. The van der Waals surface area contributed by atoms with Crippen molar-refractivity contribution in [2.45, 2.75) is 26.2 Å². The summed E-state index contributed by atoms with van der Waals surface area (Å²) in [5, 5.41) is 0.753. The molecule has 5 heteroatoms. The van der Waals surface area contributed by atoms with Crippen LogP contribution in [0.25, 0.3) is 11.0 Å². The van der Waals surface area contributed by atoms with Crippen molar-refractivity contribution in [2.75, 3.05) is 20.8 Å². The zero-order valence-corrected chi connectivity index (χ0v) is 15.9. The van der Waals surface area contributed by atoms with Crippen LogP contribution in [0.15, 0.2) is 51.7 Å². The summed E-state index contributed by atoms with van der Waals surface area (Å²) in [6.07, 6.45) is 2.49. The molecule has 0 atom stereocenters. The van der Waals surface area contributed by atoms with Gasteiger partial charge in [0.1, 0.15) is 22.8 Å².